The van der Waals surface area contributed by atoms with E-state index in [1.807, 2.05) is 0 Å². The van der Waals surface area contributed by atoms with Crippen molar-refractivity contribution in [3.63, 3.8) is 0 Å². The molecule has 2 N–H and O–H groups in total. The van der Waals surface area contributed by atoms with Crippen LogP contribution in [0.25, 0.3) is 0 Å². The van der Waals surface area contributed by atoms with Crippen LogP contribution in [0, 0.1) is 11.8 Å². The summed E-state index contributed by atoms with van der Waals surface area (Å²) in [7, 11) is 0. The van der Waals surface area contributed by atoms with E-state index >= 15 is 0 Å². The highest BCUT2D eigenvalue weighted by molar-refractivity contribution is 5.85. The predicted octanol–water partition coefficient (Wildman–Crippen LogP) is 3.93. The standard InChI is InChI=1S/C14H21N.ClH/c1-11-7-9-13(10-8-11)14(15)12-5-3-2-4-6-12;/h2-6,11,13-14H,7-10,15H2,1H3;1H. The van der Waals surface area contributed by atoms with E-state index in [2.05, 4.69) is 37.3 Å². The molecule has 0 amide bonds. The van der Waals surface area contributed by atoms with Gasteiger partial charge in [-0.05, 0) is 30.2 Å². The van der Waals surface area contributed by atoms with Crippen LogP contribution in [0.4, 0.5) is 0 Å². The molecule has 0 radical (unpaired) electrons. The van der Waals surface area contributed by atoms with E-state index < -0.39 is 0 Å². The monoisotopic (exact) mass is 239 g/mol. The fourth-order valence-electron chi connectivity index (χ4n) is 2.59. The van der Waals surface area contributed by atoms with Gasteiger partial charge in [-0.15, -0.1) is 12.4 Å². The summed E-state index contributed by atoms with van der Waals surface area (Å²) in [6, 6.07) is 10.8. The van der Waals surface area contributed by atoms with Crippen molar-refractivity contribution < 1.29 is 0 Å². The molecule has 0 heterocycles. The first-order valence-corrected chi connectivity index (χ1v) is 6.08. The van der Waals surface area contributed by atoms with Crippen LogP contribution in [0.15, 0.2) is 30.3 Å². The summed E-state index contributed by atoms with van der Waals surface area (Å²) in [5, 5.41) is 0. The number of nitrogens with two attached hydrogens (primary N) is 1. The summed E-state index contributed by atoms with van der Waals surface area (Å²) in [6.07, 6.45) is 5.31. The highest BCUT2D eigenvalue weighted by Crippen LogP contribution is 2.35. The molecule has 2 heteroatoms. The van der Waals surface area contributed by atoms with E-state index in [4.69, 9.17) is 5.73 Å². The van der Waals surface area contributed by atoms with E-state index in [0.29, 0.717) is 5.92 Å². The zero-order valence-electron chi connectivity index (χ0n) is 9.93. The fourth-order valence-corrected chi connectivity index (χ4v) is 2.59. The molecule has 1 atom stereocenters. The highest BCUT2D eigenvalue weighted by Gasteiger charge is 2.24. The maximum Gasteiger partial charge on any atom is 0.0323 e. The summed E-state index contributed by atoms with van der Waals surface area (Å²) in [5.74, 6) is 1.60. The molecule has 0 saturated heterocycles. The van der Waals surface area contributed by atoms with Gasteiger partial charge >= 0.3 is 0 Å². The number of hydrogen-bond acceptors (Lipinski definition) is 1. The molecule has 0 aliphatic heterocycles. The van der Waals surface area contributed by atoms with Crippen LogP contribution < -0.4 is 5.73 Å². The van der Waals surface area contributed by atoms with Crippen LogP contribution in [-0.4, -0.2) is 0 Å². The summed E-state index contributed by atoms with van der Waals surface area (Å²) >= 11 is 0. The van der Waals surface area contributed by atoms with Gasteiger partial charge in [0.15, 0.2) is 0 Å². The van der Waals surface area contributed by atoms with Crippen molar-refractivity contribution in [3.05, 3.63) is 35.9 Å². The van der Waals surface area contributed by atoms with Crippen LogP contribution in [0.1, 0.15) is 44.2 Å². The Morgan fingerprint density at radius 1 is 1.06 bits per heavy atom. The van der Waals surface area contributed by atoms with Crippen molar-refractivity contribution >= 4 is 12.4 Å². The first kappa shape index (κ1) is 13.5. The topological polar surface area (TPSA) is 26.0 Å². The van der Waals surface area contributed by atoms with E-state index in [1.54, 1.807) is 0 Å². The summed E-state index contributed by atoms with van der Waals surface area (Å²) in [5.41, 5.74) is 7.62. The van der Waals surface area contributed by atoms with Crippen LogP contribution in [0.5, 0.6) is 0 Å². The first-order chi connectivity index (χ1) is 7.27. The zero-order valence-corrected chi connectivity index (χ0v) is 10.7. The summed E-state index contributed by atoms with van der Waals surface area (Å²) in [6.45, 7) is 2.35. The Labute approximate surface area is 105 Å². The van der Waals surface area contributed by atoms with E-state index in [-0.39, 0.29) is 18.4 Å². The molecule has 1 fully saturated rings. The van der Waals surface area contributed by atoms with Gasteiger partial charge < -0.3 is 5.73 Å². The molecule has 1 saturated carbocycles. The number of halogens is 1. The minimum absolute atomic E-state index is 0. The molecule has 0 spiro atoms. The Bertz CT molecular complexity index is 291. The van der Waals surface area contributed by atoms with Crippen LogP contribution in [0.3, 0.4) is 0 Å². The third kappa shape index (κ3) is 3.23. The molecular formula is C14H22ClN. The van der Waals surface area contributed by atoms with E-state index in [9.17, 15) is 0 Å². The number of hydrogen-bond donors (Lipinski definition) is 1. The van der Waals surface area contributed by atoms with Gasteiger partial charge in [-0.3, -0.25) is 0 Å². The van der Waals surface area contributed by atoms with Crippen molar-refractivity contribution in [2.75, 3.05) is 0 Å². The molecular weight excluding hydrogens is 218 g/mol. The highest BCUT2D eigenvalue weighted by atomic mass is 35.5. The zero-order chi connectivity index (χ0) is 10.7. The molecule has 0 aromatic heterocycles. The molecule has 1 aromatic rings. The van der Waals surface area contributed by atoms with Crippen LogP contribution in [0.2, 0.25) is 0 Å². The molecule has 1 aromatic carbocycles. The number of rotatable bonds is 2. The quantitative estimate of drug-likeness (QED) is 0.832. The Hall–Kier alpha value is -0.530. The van der Waals surface area contributed by atoms with Gasteiger partial charge in [-0.1, -0.05) is 50.1 Å². The Morgan fingerprint density at radius 2 is 1.62 bits per heavy atom. The van der Waals surface area contributed by atoms with Gasteiger partial charge in [0.05, 0.1) is 0 Å². The molecule has 1 aliphatic carbocycles. The third-order valence-corrected chi connectivity index (χ3v) is 3.75. The fraction of sp³-hybridized carbons (Fsp3) is 0.571. The maximum absolute atomic E-state index is 6.32. The average molecular weight is 240 g/mol. The predicted molar refractivity (Wildman–Crippen MR) is 71.7 cm³/mol. The molecule has 1 unspecified atom stereocenters. The Kier molecular flexibility index (Phi) is 5.30. The number of benzene rings is 1. The van der Waals surface area contributed by atoms with E-state index in [0.717, 1.165) is 5.92 Å². The molecule has 2 rings (SSSR count). The van der Waals surface area contributed by atoms with Crippen molar-refractivity contribution in [2.24, 2.45) is 17.6 Å². The van der Waals surface area contributed by atoms with Crippen molar-refractivity contribution in [1.29, 1.82) is 0 Å². The second-order valence-corrected chi connectivity index (χ2v) is 4.96. The normalized spacial score (nSPS) is 26.9. The van der Waals surface area contributed by atoms with Crippen LogP contribution >= 0.6 is 12.4 Å². The lowest BCUT2D eigenvalue weighted by Gasteiger charge is -2.30. The molecule has 90 valence electrons. The Morgan fingerprint density at radius 3 is 2.19 bits per heavy atom. The van der Waals surface area contributed by atoms with Crippen LogP contribution in [-0.2, 0) is 0 Å². The lowest BCUT2D eigenvalue weighted by atomic mass is 9.78. The van der Waals surface area contributed by atoms with Gasteiger partial charge in [-0.25, -0.2) is 0 Å². The molecule has 1 nitrogen and oxygen atoms in total. The lowest BCUT2D eigenvalue weighted by molar-refractivity contribution is 0.256. The smallest absolute Gasteiger partial charge is 0.0323 e. The van der Waals surface area contributed by atoms with Gasteiger partial charge in [0.2, 0.25) is 0 Å². The first-order valence-electron chi connectivity index (χ1n) is 6.08. The van der Waals surface area contributed by atoms with E-state index in [1.165, 1.54) is 31.2 Å². The molecule has 1 aliphatic rings. The summed E-state index contributed by atoms with van der Waals surface area (Å²) in [4.78, 5) is 0. The second kappa shape index (κ2) is 6.27. The molecule has 16 heavy (non-hydrogen) atoms. The Balaban J connectivity index is 0.00000128. The van der Waals surface area contributed by atoms with Gasteiger partial charge in [0.25, 0.3) is 0 Å². The van der Waals surface area contributed by atoms with Crippen molar-refractivity contribution in [3.8, 4) is 0 Å². The van der Waals surface area contributed by atoms with Crippen molar-refractivity contribution in [1.82, 2.24) is 0 Å². The average Bonchev–Trinajstić information content (AvgIpc) is 2.30. The van der Waals surface area contributed by atoms with Gasteiger partial charge in [-0.2, -0.15) is 0 Å². The minimum atomic E-state index is 0. The van der Waals surface area contributed by atoms with Gasteiger partial charge in [0, 0.05) is 6.04 Å². The van der Waals surface area contributed by atoms with Crippen molar-refractivity contribution in [2.45, 2.75) is 38.6 Å². The minimum Gasteiger partial charge on any atom is -0.324 e. The SMILES string of the molecule is CC1CCC(C(N)c2ccccc2)CC1.Cl. The largest absolute Gasteiger partial charge is 0.324 e. The lowest BCUT2D eigenvalue weighted by Crippen LogP contribution is -2.25. The van der Waals surface area contributed by atoms with Gasteiger partial charge in [0.1, 0.15) is 0 Å². The third-order valence-electron chi connectivity index (χ3n) is 3.75. The second-order valence-electron chi connectivity index (χ2n) is 4.96. The summed E-state index contributed by atoms with van der Waals surface area (Å²) < 4.78 is 0. The maximum atomic E-state index is 6.32. The molecule has 0 bridgehead atoms.